The van der Waals surface area contributed by atoms with Gasteiger partial charge in [-0.3, -0.25) is 4.79 Å². The van der Waals surface area contributed by atoms with Crippen LogP contribution in [0.4, 0.5) is 0 Å². The van der Waals surface area contributed by atoms with Crippen LogP contribution in [0.3, 0.4) is 0 Å². The molecule has 0 saturated carbocycles. The predicted octanol–water partition coefficient (Wildman–Crippen LogP) is 0.130. The van der Waals surface area contributed by atoms with E-state index in [0.29, 0.717) is 24.7 Å². The second-order valence-electron chi connectivity index (χ2n) is 4.03. The predicted molar refractivity (Wildman–Crippen MR) is 64.8 cm³/mol. The lowest BCUT2D eigenvalue weighted by atomic mass is 9.99. The van der Waals surface area contributed by atoms with Crippen LogP contribution in [0.25, 0.3) is 0 Å². The Kier molecular flexibility index (Phi) is 3.69. The Bertz CT molecular complexity index is 450. The zero-order valence-electron chi connectivity index (χ0n) is 10.1. The summed E-state index contributed by atoms with van der Waals surface area (Å²) >= 11 is 0. The topological polar surface area (TPSA) is 93.8 Å². The van der Waals surface area contributed by atoms with Crippen LogP contribution >= 0.6 is 0 Å². The molecule has 2 atom stereocenters. The molecule has 0 fully saturated rings. The van der Waals surface area contributed by atoms with Gasteiger partial charge in [-0.2, -0.15) is 0 Å². The number of hydrogen-bond acceptors (Lipinski definition) is 5. The first-order valence-electron chi connectivity index (χ1n) is 5.68. The Morgan fingerprint density at radius 1 is 1.39 bits per heavy atom. The first-order valence-corrected chi connectivity index (χ1v) is 5.68. The molecule has 0 spiro atoms. The highest BCUT2D eigenvalue weighted by Gasteiger charge is 2.25. The van der Waals surface area contributed by atoms with Crippen LogP contribution in [-0.2, 0) is 4.79 Å². The first kappa shape index (κ1) is 12.7. The van der Waals surface area contributed by atoms with Gasteiger partial charge in [-0.05, 0) is 24.7 Å². The van der Waals surface area contributed by atoms with Gasteiger partial charge in [0.25, 0.3) is 0 Å². The zero-order valence-corrected chi connectivity index (χ0v) is 10.1. The van der Waals surface area contributed by atoms with E-state index in [0.717, 1.165) is 5.56 Å². The number of nitrogens with two attached hydrogens (primary N) is 1. The van der Waals surface area contributed by atoms with E-state index in [4.69, 9.17) is 20.3 Å². The highest BCUT2D eigenvalue weighted by molar-refractivity contribution is 5.74. The monoisotopic (exact) mass is 252 g/mol. The molecule has 4 N–H and O–H groups in total. The molecule has 0 bridgehead atoms. The number of nitrogens with one attached hydrogen (secondary N) is 1. The molecule has 2 rings (SSSR count). The maximum Gasteiger partial charge on any atom is 0.322 e. The molecule has 98 valence electrons. The Labute approximate surface area is 105 Å². The van der Waals surface area contributed by atoms with Crippen LogP contribution < -0.4 is 20.5 Å². The molecule has 1 aliphatic rings. The Hall–Kier alpha value is -1.79. The van der Waals surface area contributed by atoms with E-state index >= 15 is 0 Å². The summed E-state index contributed by atoms with van der Waals surface area (Å²) in [6.45, 7) is 1.02. The number of likely N-dealkylation sites (N-methyl/N-ethyl adjacent to an activating group) is 1. The number of aliphatic carboxylic acids is 1. The van der Waals surface area contributed by atoms with E-state index in [2.05, 4.69) is 5.32 Å². The van der Waals surface area contributed by atoms with Crippen molar-refractivity contribution in [3.05, 3.63) is 23.8 Å². The average Bonchev–Trinajstić information content (AvgIpc) is 2.39. The summed E-state index contributed by atoms with van der Waals surface area (Å²) in [5, 5.41) is 11.9. The van der Waals surface area contributed by atoms with Crippen LogP contribution in [0.2, 0.25) is 0 Å². The second-order valence-corrected chi connectivity index (χ2v) is 4.03. The maximum absolute atomic E-state index is 10.9. The fourth-order valence-electron chi connectivity index (χ4n) is 1.95. The smallest absolute Gasteiger partial charge is 0.322 e. The van der Waals surface area contributed by atoms with Crippen LogP contribution in [0, 0.1) is 0 Å². The lowest BCUT2D eigenvalue weighted by molar-refractivity contribution is -0.139. The van der Waals surface area contributed by atoms with E-state index in [1.54, 1.807) is 25.2 Å². The van der Waals surface area contributed by atoms with Crippen molar-refractivity contribution < 1.29 is 19.4 Å². The van der Waals surface area contributed by atoms with Crippen molar-refractivity contribution in [2.75, 3.05) is 20.3 Å². The lowest BCUT2D eigenvalue weighted by Crippen LogP contribution is -2.42. The van der Waals surface area contributed by atoms with Crippen molar-refractivity contribution in [3.8, 4) is 11.5 Å². The zero-order chi connectivity index (χ0) is 13.1. The minimum atomic E-state index is -1.05. The van der Waals surface area contributed by atoms with Gasteiger partial charge in [0.05, 0.1) is 6.04 Å². The minimum Gasteiger partial charge on any atom is -0.486 e. The Morgan fingerprint density at radius 3 is 2.67 bits per heavy atom. The number of carboxylic acids is 1. The molecule has 1 heterocycles. The number of hydrogen-bond donors (Lipinski definition) is 3. The van der Waals surface area contributed by atoms with Gasteiger partial charge in [0, 0.05) is 0 Å². The van der Waals surface area contributed by atoms with E-state index < -0.39 is 18.1 Å². The molecule has 0 saturated heterocycles. The molecule has 0 aliphatic carbocycles. The van der Waals surface area contributed by atoms with Gasteiger partial charge < -0.3 is 25.6 Å². The SMILES string of the molecule is CNC(c1ccc2c(c1)OCCO2)C(N)C(=O)O. The third-order valence-electron chi connectivity index (χ3n) is 2.88. The van der Waals surface area contributed by atoms with Crippen LogP contribution in [-0.4, -0.2) is 37.4 Å². The number of rotatable bonds is 4. The van der Waals surface area contributed by atoms with Crippen molar-refractivity contribution >= 4 is 5.97 Å². The maximum atomic E-state index is 10.9. The third kappa shape index (κ3) is 2.39. The van der Waals surface area contributed by atoms with E-state index in [-0.39, 0.29) is 0 Å². The highest BCUT2D eigenvalue weighted by atomic mass is 16.6. The van der Waals surface area contributed by atoms with E-state index in [1.807, 2.05) is 0 Å². The van der Waals surface area contributed by atoms with Crippen molar-refractivity contribution in [2.45, 2.75) is 12.1 Å². The number of fused-ring (bicyclic) bond motifs is 1. The first-order chi connectivity index (χ1) is 8.63. The van der Waals surface area contributed by atoms with Crippen molar-refractivity contribution in [1.82, 2.24) is 5.32 Å². The molecule has 6 nitrogen and oxygen atoms in total. The molecule has 0 radical (unpaired) electrons. The highest BCUT2D eigenvalue weighted by Crippen LogP contribution is 2.33. The summed E-state index contributed by atoms with van der Waals surface area (Å²) < 4.78 is 10.9. The fourth-order valence-corrected chi connectivity index (χ4v) is 1.95. The summed E-state index contributed by atoms with van der Waals surface area (Å²) in [7, 11) is 1.67. The molecule has 1 aromatic rings. The summed E-state index contributed by atoms with van der Waals surface area (Å²) in [6, 6.07) is 3.83. The van der Waals surface area contributed by atoms with E-state index in [9.17, 15) is 4.79 Å². The standard InChI is InChI=1S/C12H16N2O4/c1-14-11(10(13)12(15)16)7-2-3-8-9(6-7)18-5-4-17-8/h2-3,6,10-11,14H,4-5,13H2,1H3,(H,15,16). The lowest BCUT2D eigenvalue weighted by Gasteiger charge is -2.24. The minimum absolute atomic E-state index is 0.474. The summed E-state index contributed by atoms with van der Waals surface area (Å²) in [5.41, 5.74) is 6.41. The van der Waals surface area contributed by atoms with E-state index in [1.165, 1.54) is 0 Å². The van der Waals surface area contributed by atoms with Gasteiger partial charge in [0.1, 0.15) is 19.3 Å². The normalized spacial score (nSPS) is 17.0. The molecular formula is C12H16N2O4. The van der Waals surface area contributed by atoms with Gasteiger partial charge in [-0.15, -0.1) is 0 Å². The molecule has 1 aromatic carbocycles. The van der Waals surface area contributed by atoms with Crippen LogP contribution in [0.5, 0.6) is 11.5 Å². The molecule has 6 heteroatoms. The molecule has 2 unspecified atom stereocenters. The molecule has 0 amide bonds. The number of carbonyl (C=O) groups is 1. The number of benzene rings is 1. The van der Waals surface area contributed by atoms with Gasteiger partial charge in [0.2, 0.25) is 0 Å². The van der Waals surface area contributed by atoms with Crippen molar-refractivity contribution in [2.24, 2.45) is 5.73 Å². The summed E-state index contributed by atoms with van der Waals surface area (Å²) in [4.78, 5) is 10.9. The molecule has 18 heavy (non-hydrogen) atoms. The second kappa shape index (κ2) is 5.24. The average molecular weight is 252 g/mol. The van der Waals surface area contributed by atoms with Gasteiger partial charge in [-0.25, -0.2) is 0 Å². The van der Waals surface area contributed by atoms with Crippen LogP contribution in [0.15, 0.2) is 18.2 Å². The largest absolute Gasteiger partial charge is 0.486 e. The molecule has 0 aromatic heterocycles. The van der Waals surface area contributed by atoms with Crippen molar-refractivity contribution in [3.63, 3.8) is 0 Å². The Balaban J connectivity index is 2.28. The molecular weight excluding hydrogens is 236 g/mol. The summed E-state index contributed by atoms with van der Waals surface area (Å²) in [5.74, 6) is 0.240. The van der Waals surface area contributed by atoms with Crippen molar-refractivity contribution in [1.29, 1.82) is 0 Å². The Morgan fingerprint density at radius 2 is 2.06 bits per heavy atom. The molecule has 1 aliphatic heterocycles. The van der Waals surface area contributed by atoms with Gasteiger partial charge in [0.15, 0.2) is 11.5 Å². The van der Waals surface area contributed by atoms with Gasteiger partial charge >= 0.3 is 5.97 Å². The third-order valence-corrected chi connectivity index (χ3v) is 2.88. The summed E-state index contributed by atoms with van der Waals surface area (Å²) in [6.07, 6.45) is 0. The quantitative estimate of drug-likeness (QED) is 0.705. The fraction of sp³-hybridized carbons (Fsp3) is 0.417. The number of carboxylic acid groups (broad SMARTS) is 1. The van der Waals surface area contributed by atoms with Gasteiger partial charge in [-0.1, -0.05) is 6.07 Å². The number of ether oxygens (including phenoxy) is 2. The van der Waals surface area contributed by atoms with Crippen LogP contribution in [0.1, 0.15) is 11.6 Å².